The maximum absolute atomic E-state index is 13.0. The van der Waals surface area contributed by atoms with Crippen molar-refractivity contribution in [3.63, 3.8) is 0 Å². The van der Waals surface area contributed by atoms with Crippen molar-refractivity contribution in [2.45, 2.75) is 20.4 Å². The zero-order chi connectivity index (χ0) is 20.6. The van der Waals surface area contributed by atoms with Gasteiger partial charge in [0.15, 0.2) is 5.78 Å². The number of carbonyl (C=O) groups excluding carboxylic acids is 3. The Morgan fingerprint density at radius 3 is 2.39 bits per heavy atom. The minimum Gasteiger partial charge on any atom is -0.618 e. The van der Waals surface area contributed by atoms with Gasteiger partial charge in [-0.25, -0.2) is 9.18 Å². The van der Waals surface area contributed by atoms with Crippen LogP contribution in [0, 0.1) is 24.9 Å². The van der Waals surface area contributed by atoms with Gasteiger partial charge in [-0.1, -0.05) is 12.1 Å². The number of Topliss-reactive ketones (excluding diaryl/α,β-unsaturated/α-hetero) is 1. The van der Waals surface area contributed by atoms with Crippen LogP contribution in [0.2, 0.25) is 0 Å². The van der Waals surface area contributed by atoms with Gasteiger partial charge in [0.05, 0.1) is 18.4 Å². The van der Waals surface area contributed by atoms with Crippen LogP contribution in [-0.4, -0.2) is 24.6 Å². The summed E-state index contributed by atoms with van der Waals surface area (Å²) < 4.78 is 18.1. The molecule has 0 spiro atoms. The summed E-state index contributed by atoms with van der Waals surface area (Å²) in [6, 6.07) is 5.65. The molecule has 0 radical (unpaired) electrons. The highest BCUT2D eigenvalue weighted by Gasteiger charge is 2.38. The minimum atomic E-state index is -0.865. The molecular weight excluding hydrogens is 367 g/mol. The van der Waals surface area contributed by atoms with E-state index in [1.807, 2.05) is 0 Å². The Morgan fingerprint density at radius 2 is 1.79 bits per heavy atom. The number of pyridine rings is 1. The Morgan fingerprint density at radius 1 is 1.14 bits per heavy atom. The number of carbonyl (C=O) groups is 3. The highest BCUT2D eigenvalue weighted by molar-refractivity contribution is 6.27. The average molecular weight is 384 g/mol. The molecular formula is C20H17FN2O5. The van der Waals surface area contributed by atoms with E-state index in [-0.39, 0.29) is 46.1 Å². The molecule has 0 saturated heterocycles. The zero-order valence-corrected chi connectivity index (χ0v) is 15.5. The number of halogens is 1. The van der Waals surface area contributed by atoms with E-state index in [1.165, 1.54) is 26.0 Å². The first kappa shape index (κ1) is 19.2. The normalized spacial score (nSPS) is 13.1. The van der Waals surface area contributed by atoms with Gasteiger partial charge in [0.2, 0.25) is 17.2 Å². The maximum Gasteiger partial charge on any atom is 0.345 e. The average Bonchev–Trinajstić information content (AvgIpc) is 2.68. The van der Waals surface area contributed by atoms with E-state index in [4.69, 9.17) is 0 Å². The molecule has 1 aliphatic carbocycles. The number of nitrogens with zero attached hydrogens (tertiary/aromatic N) is 1. The van der Waals surface area contributed by atoms with Crippen LogP contribution in [0.1, 0.15) is 48.0 Å². The molecule has 1 aromatic carbocycles. The van der Waals surface area contributed by atoms with Gasteiger partial charge in [-0.15, -0.1) is 0 Å². The van der Waals surface area contributed by atoms with Crippen molar-refractivity contribution in [1.29, 1.82) is 0 Å². The number of fused-ring (bicyclic) bond motifs is 1. The molecule has 0 saturated carbocycles. The zero-order valence-electron chi connectivity index (χ0n) is 15.5. The molecule has 0 fully saturated rings. The summed E-state index contributed by atoms with van der Waals surface area (Å²) in [6.07, 6.45) is 1.09. The SMILES string of the molecule is COC(=O)c1c2c(c(C)[n+]([O-])c1C)C(=O)C(NCc1ccc(F)cc1)=CC2=O. The second-order valence-corrected chi connectivity index (χ2v) is 6.31. The number of allylic oxidation sites excluding steroid dienone is 2. The summed E-state index contributed by atoms with van der Waals surface area (Å²) in [4.78, 5) is 37.8. The second kappa shape index (κ2) is 7.22. The Bertz CT molecular complexity index is 1040. The van der Waals surface area contributed by atoms with E-state index in [0.29, 0.717) is 10.3 Å². The molecule has 28 heavy (non-hydrogen) atoms. The first-order valence-electron chi connectivity index (χ1n) is 8.40. The van der Waals surface area contributed by atoms with Crippen LogP contribution in [0.5, 0.6) is 0 Å². The van der Waals surface area contributed by atoms with Gasteiger partial charge in [-0.2, -0.15) is 4.73 Å². The van der Waals surface area contributed by atoms with E-state index >= 15 is 0 Å². The molecule has 1 N–H and O–H groups in total. The number of hydrogen-bond acceptors (Lipinski definition) is 6. The summed E-state index contributed by atoms with van der Waals surface area (Å²) in [5.74, 6) is -2.41. The van der Waals surface area contributed by atoms with Crippen molar-refractivity contribution in [2.24, 2.45) is 0 Å². The number of hydrogen-bond donors (Lipinski definition) is 1. The molecule has 0 amide bonds. The lowest BCUT2D eigenvalue weighted by Gasteiger charge is -2.21. The largest absolute Gasteiger partial charge is 0.618 e. The molecule has 7 nitrogen and oxygen atoms in total. The second-order valence-electron chi connectivity index (χ2n) is 6.31. The molecule has 2 aromatic rings. The van der Waals surface area contributed by atoms with Crippen LogP contribution in [-0.2, 0) is 11.3 Å². The Hall–Kier alpha value is -3.55. The predicted molar refractivity (Wildman–Crippen MR) is 96.2 cm³/mol. The number of methoxy groups -OCH3 is 1. The van der Waals surface area contributed by atoms with Gasteiger partial charge in [0.25, 0.3) is 0 Å². The van der Waals surface area contributed by atoms with Crippen LogP contribution in [0.25, 0.3) is 0 Å². The van der Waals surface area contributed by atoms with Crippen molar-refractivity contribution in [3.05, 3.63) is 80.7 Å². The minimum absolute atomic E-state index is 0.00964. The van der Waals surface area contributed by atoms with E-state index in [9.17, 15) is 24.0 Å². The molecule has 144 valence electrons. The number of aromatic nitrogens is 1. The first-order chi connectivity index (χ1) is 13.3. The highest BCUT2D eigenvalue weighted by atomic mass is 19.1. The Labute approximate surface area is 160 Å². The third-order valence-corrected chi connectivity index (χ3v) is 4.61. The fraction of sp³-hybridized carbons (Fsp3) is 0.200. The molecule has 0 bridgehead atoms. The third-order valence-electron chi connectivity index (χ3n) is 4.61. The monoisotopic (exact) mass is 384 g/mol. The number of ether oxygens (including phenoxy) is 1. The number of benzene rings is 1. The van der Waals surface area contributed by atoms with E-state index < -0.39 is 17.5 Å². The third kappa shape index (κ3) is 3.13. The van der Waals surface area contributed by atoms with Gasteiger partial charge in [0, 0.05) is 26.5 Å². The molecule has 1 aromatic heterocycles. The first-order valence-corrected chi connectivity index (χ1v) is 8.40. The van der Waals surface area contributed by atoms with Crippen LogP contribution < -0.4 is 10.0 Å². The van der Waals surface area contributed by atoms with E-state index in [0.717, 1.165) is 13.2 Å². The van der Waals surface area contributed by atoms with Crippen molar-refractivity contribution < 1.29 is 28.2 Å². The summed E-state index contributed by atoms with van der Waals surface area (Å²) in [5, 5.41) is 15.3. The van der Waals surface area contributed by atoms with E-state index in [2.05, 4.69) is 10.1 Å². The Balaban J connectivity index is 2.03. The summed E-state index contributed by atoms with van der Waals surface area (Å²) in [5.41, 5.74) is 0.215. The van der Waals surface area contributed by atoms with Crippen molar-refractivity contribution in [2.75, 3.05) is 7.11 Å². The Kier molecular flexibility index (Phi) is 4.96. The molecule has 0 unspecified atom stereocenters. The number of esters is 1. The predicted octanol–water partition coefficient (Wildman–Crippen LogP) is 1.92. The number of ketones is 2. The molecule has 8 heteroatoms. The van der Waals surface area contributed by atoms with Gasteiger partial charge < -0.3 is 15.3 Å². The van der Waals surface area contributed by atoms with Crippen LogP contribution in [0.3, 0.4) is 0 Å². The van der Waals surface area contributed by atoms with Gasteiger partial charge in [0.1, 0.15) is 16.9 Å². The molecule has 1 aliphatic rings. The lowest BCUT2D eigenvalue weighted by atomic mass is 9.87. The van der Waals surface area contributed by atoms with Crippen molar-refractivity contribution >= 4 is 17.5 Å². The maximum atomic E-state index is 13.0. The fourth-order valence-corrected chi connectivity index (χ4v) is 3.15. The van der Waals surface area contributed by atoms with Gasteiger partial charge in [-0.05, 0) is 17.7 Å². The number of nitrogens with one attached hydrogen (secondary N) is 1. The molecule has 3 rings (SSSR count). The van der Waals surface area contributed by atoms with Crippen molar-refractivity contribution in [3.8, 4) is 0 Å². The lowest BCUT2D eigenvalue weighted by Crippen LogP contribution is -2.42. The summed E-state index contributed by atoms with van der Waals surface area (Å²) >= 11 is 0. The van der Waals surface area contributed by atoms with Crippen LogP contribution in [0.15, 0.2) is 36.0 Å². The topological polar surface area (TPSA) is 99.4 Å². The molecule has 1 heterocycles. The quantitative estimate of drug-likeness (QED) is 0.491. The lowest BCUT2D eigenvalue weighted by molar-refractivity contribution is -0.619. The smallest absolute Gasteiger partial charge is 0.345 e. The van der Waals surface area contributed by atoms with Gasteiger partial charge in [-0.3, -0.25) is 9.59 Å². The fourth-order valence-electron chi connectivity index (χ4n) is 3.15. The summed E-state index contributed by atoms with van der Waals surface area (Å²) in [6.45, 7) is 2.97. The van der Waals surface area contributed by atoms with E-state index in [1.54, 1.807) is 12.1 Å². The van der Waals surface area contributed by atoms with Crippen molar-refractivity contribution in [1.82, 2.24) is 5.32 Å². The molecule has 0 aliphatic heterocycles. The highest BCUT2D eigenvalue weighted by Crippen LogP contribution is 2.27. The standard InChI is InChI=1S/C20H17FN2O5/c1-10-16-18(17(20(26)28-3)11(2)23(10)27)15(24)8-14(19(16)25)22-9-12-4-6-13(21)7-5-12/h4-8,22H,9H2,1-3H3. The van der Waals surface area contributed by atoms with Crippen LogP contribution >= 0.6 is 0 Å². The number of rotatable bonds is 4. The summed E-state index contributed by atoms with van der Waals surface area (Å²) in [7, 11) is 1.13. The van der Waals surface area contributed by atoms with Crippen LogP contribution in [0.4, 0.5) is 4.39 Å². The van der Waals surface area contributed by atoms with Gasteiger partial charge >= 0.3 is 5.97 Å². The molecule has 0 atom stereocenters.